The van der Waals surface area contributed by atoms with Crippen molar-refractivity contribution in [3.8, 4) is 6.07 Å². The van der Waals surface area contributed by atoms with Crippen LogP contribution < -0.4 is 0 Å². The summed E-state index contributed by atoms with van der Waals surface area (Å²) in [7, 11) is 0. The lowest BCUT2D eigenvalue weighted by Crippen LogP contribution is -2.39. The van der Waals surface area contributed by atoms with E-state index in [2.05, 4.69) is 10.6 Å². The Morgan fingerprint density at radius 3 is 2.59 bits per heavy atom. The molecule has 1 saturated carbocycles. The van der Waals surface area contributed by atoms with Gasteiger partial charge in [0.2, 0.25) is 0 Å². The van der Waals surface area contributed by atoms with Crippen LogP contribution in [0.2, 0.25) is 0 Å². The molecule has 0 amide bonds. The normalized spacial score (nSPS) is 17.8. The van der Waals surface area contributed by atoms with Gasteiger partial charge in [-0.2, -0.15) is 5.26 Å². The maximum Gasteiger partial charge on any atom is 0.124 e. The van der Waals surface area contributed by atoms with Gasteiger partial charge in [0.25, 0.3) is 0 Å². The number of hydrogen-bond donors (Lipinski definition) is 0. The van der Waals surface area contributed by atoms with Gasteiger partial charge in [-0.05, 0) is 37.1 Å². The lowest BCUT2D eigenvalue weighted by molar-refractivity contribution is 0.211. The van der Waals surface area contributed by atoms with Crippen molar-refractivity contribution in [3.63, 3.8) is 0 Å². The molecule has 1 aromatic heterocycles. The zero-order chi connectivity index (χ0) is 20.4. The molecule has 152 valence electrons. The maximum atomic E-state index is 14.0. The molecule has 3 nitrogen and oxygen atoms in total. The maximum absolute atomic E-state index is 14.0. The summed E-state index contributed by atoms with van der Waals surface area (Å²) >= 11 is 0. The van der Waals surface area contributed by atoms with Crippen LogP contribution in [0.25, 0.3) is 16.6 Å². The molecule has 6 heteroatoms. The Bertz CT molecular complexity index is 989. The van der Waals surface area contributed by atoms with E-state index >= 15 is 0 Å². The fourth-order valence-corrected chi connectivity index (χ4v) is 4.67. The molecule has 1 aromatic carbocycles. The minimum atomic E-state index is -0.910. The largest absolute Gasteiger partial charge is 0.358 e. The lowest BCUT2D eigenvalue weighted by atomic mass is 9.94. The molecule has 1 aliphatic heterocycles. The highest BCUT2D eigenvalue weighted by Gasteiger charge is 2.31. The number of benzene rings is 1. The number of nitrogens with zero attached hydrogens (tertiary/aromatic N) is 3. The first-order valence-corrected chi connectivity index (χ1v) is 10.2. The van der Waals surface area contributed by atoms with E-state index in [0.29, 0.717) is 28.9 Å². The molecule has 0 spiro atoms. The fourth-order valence-electron chi connectivity index (χ4n) is 4.67. The molecule has 2 aliphatic rings. The molecular formula is C23H24F3N3. The highest BCUT2D eigenvalue weighted by molar-refractivity contribution is 5.93. The Balaban J connectivity index is 1.98. The van der Waals surface area contributed by atoms with Crippen LogP contribution in [-0.2, 0) is 0 Å². The predicted molar refractivity (Wildman–Crippen MR) is 108 cm³/mol. The monoisotopic (exact) mass is 399 g/mol. The van der Waals surface area contributed by atoms with Crippen LogP contribution in [0.5, 0.6) is 0 Å². The molecule has 0 bridgehead atoms. The van der Waals surface area contributed by atoms with Crippen molar-refractivity contribution in [2.45, 2.75) is 44.2 Å². The summed E-state index contributed by atoms with van der Waals surface area (Å²) in [6.45, 7) is -1.26. The van der Waals surface area contributed by atoms with Crippen molar-refractivity contribution in [2.24, 2.45) is 0 Å². The van der Waals surface area contributed by atoms with E-state index in [1.807, 2.05) is 18.2 Å². The molecule has 1 fully saturated rings. The van der Waals surface area contributed by atoms with Crippen LogP contribution in [0.4, 0.5) is 13.2 Å². The average molecular weight is 399 g/mol. The Morgan fingerprint density at radius 1 is 1.14 bits per heavy atom. The van der Waals surface area contributed by atoms with Gasteiger partial charge in [-0.15, -0.1) is 0 Å². The van der Waals surface area contributed by atoms with Crippen LogP contribution in [0.1, 0.15) is 49.4 Å². The van der Waals surface area contributed by atoms with E-state index in [9.17, 15) is 18.4 Å². The van der Waals surface area contributed by atoms with Crippen molar-refractivity contribution in [3.05, 3.63) is 53.5 Å². The number of fused-ring (bicyclic) bond motifs is 1. The first-order valence-electron chi connectivity index (χ1n) is 10.2. The number of nitriles is 1. The highest BCUT2D eigenvalue weighted by atomic mass is 19.1. The SMILES string of the molecule is N#Cc1c(C2=CC=CCN2C(CF)CF)n(C2CCCCC2)c2ccc(F)cc12. The van der Waals surface area contributed by atoms with Gasteiger partial charge in [0.1, 0.15) is 25.2 Å². The molecule has 1 aliphatic carbocycles. The first-order chi connectivity index (χ1) is 14.2. The zero-order valence-corrected chi connectivity index (χ0v) is 16.3. The van der Waals surface area contributed by atoms with Crippen LogP contribution >= 0.6 is 0 Å². The number of halogens is 3. The fraction of sp³-hybridized carbons (Fsp3) is 0.435. The summed E-state index contributed by atoms with van der Waals surface area (Å²) in [4.78, 5) is 1.69. The van der Waals surface area contributed by atoms with Gasteiger partial charge in [-0.25, -0.2) is 13.2 Å². The quantitative estimate of drug-likeness (QED) is 0.648. The second kappa shape index (κ2) is 8.36. The molecule has 0 unspecified atom stereocenters. The molecule has 0 atom stereocenters. The summed E-state index contributed by atoms with van der Waals surface area (Å²) in [6.07, 6.45) is 10.8. The lowest BCUT2D eigenvalue weighted by Gasteiger charge is -2.35. The molecule has 0 radical (unpaired) electrons. The van der Waals surface area contributed by atoms with E-state index in [1.54, 1.807) is 11.0 Å². The second-order valence-corrected chi connectivity index (χ2v) is 7.75. The van der Waals surface area contributed by atoms with E-state index in [-0.39, 0.29) is 6.04 Å². The van der Waals surface area contributed by atoms with Gasteiger partial charge in [-0.1, -0.05) is 31.4 Å². The highest BCUT2D eigenvalue weighted by Crippen LogP contribution is 2.40. The van der Waals surface area contributed by atoms with Crippen molar-refractivity contribution in [1.82, 2.24) is 9.47 Å². The zero-order valence-electron chi connectivity index (χ0n) is 16.3. The summed E-state index contributed by atoms with van der Waals surface area (Å²) < 4.78 is 43.3. The molecule has 2 heterocycles. The molecule has 4 rings (SSSR count). The summed E-state index contributed by atoms with van der Waals surface area (Å²) in [5.74, 6) is -0.402. The third kappa shape index (κ3) is 3.43. The number of hydrogen-bond acceptors (Lipinski definition) is 2. The molecule has 0 N–H and O–H groups in total. The van der Waals surface area contributed by atoms with E-state index in [1.165, 1.54) is 18.6 Å². The molecule has 0 saturated heterocycles. The van der Waals surface area contributed by atoms with Crippen LogP contribution in [0.3, 0.4) is 0 Å². The Hall–Kier alpha value is -2.68. The van der Waals surface area contributed by atoms with Gasteiger partial charge in [0.15, 0.2) is 0 Å². The molecule has 29 heavy (non-hydrogen) atoms. The number of allylic oxidation sites excluding steroid dienone is 2. The average Bonchev–Trinajstić information content (AvgIpc) is 3.08. The molecular weight excluding hydrogens is 375 g/mol. The van der Waals surface area contributed by atoms with Crippen LogP contribution in [0, 0.1) is 17.1 Å². The topological polar surface area (TPSA) is 32.0 Å². The van der Waals surface area contributed by atoms with E-state index in [0.717, 1.165) is 31.2 Å². The summed E-state index contributed by atoms with van der Waals surface area (Å²) in [6, 6.07) is 6.04. The standard InChI is InChI=1S/C23H24F3N3/c24-13-18(14-25)28-11-5-4-8-22(28)23-20(15-27)19-12-16(26)9-10-21(19)29(23)17-6-2-1-3-7-17/h4-5,8-10,12,17-18H,1-3,6-7,11,13-14H2. The van der Waals surface area contributed by atoms with Gasteiger partial charge in [-0.3, -0.25) is 0 Å². The second-order valence-electron chi connectivity index (χ2n) is 7.75. The van der Waals surface area contributed by atoms with Gasteiger partial charge in [0, 0.05) is 18.0 Å². The van der Waals surface area contributed by atoms with Crippen molar-refractivity contribution in [1.29, 1.82) is 5.26 Å². The van der Waals surface area contributed by atoms with E-state index < -0.39 is 25.2 Å². The van der Waals surface area contributed by atoms with Crippen LogP contribution in [0.15, 0.2) is 36.4 Å². The Morgan fingerprint density at radius 2 is 1.90 bits per heavy atom. The van der Waals surface area contributed by atoms with Gasteiger partial charge < -0.3 is 9.47 Å². The predicted octanol–water partition coefficient (Wildman–Crippen LogP) is 5.68. The summed E-state index contributed by atoms with van der Waals surface area (Å²) in [5.41, 5.74) is 2.45. The number of aromatic nitrogens is 1. The van der Waals surface area contributed by atoms with E-state index in [4.69, 9.17) is 0 Å². The third-order valence-electron chi connectivity index (χ3n) is 6.06. The van der Waals surface area contributed by atoms with Gasteiger partial charge >= 0.3 is 0 Å². The smallest absolute Gasteiger partial charge is 0.124 e. The van der Waals surface area contributed by atoms with Crippen molar-refractivity contribution >= 4 is 16.6 Å². The Kier molecular flexibility index (Phi) is 5.66. The minimum Gasteiger partial charge on any atom is -0.358 e. The van der Waals surface area contributed by atoms with Gasteiger partial charge in [0.05, 0.1) is 28.5 Å². The Labute approximate surface area is 168 Å². The number of rotatable bonds is 5. The minimum absolute atomic E-state index is 0.177. The summed E-state index contributed by atoms with van der Waals surface area (Å²) in [5, 5.41) is 10.5. The van der Waals surface area contributed by atoms with Crippen LogP contribution in [-0.4, -0.2) is 35.4 Å². The molecule has 2 aromatic rings. The number of alkyl halides is 2. The third-order valence-corrected chi connectivity index (χ3v) is 6.06. The van der Waals surface area contributed by atoms with Crippen molar-refractivity contribution < 1.29 is 13.2 Å². The first kappa shape index (κ1) is 19.6. The van der Waals surface area contributed by atoms with Crippen molar-refractivity contribution in [2.75, 3.05) is 19.9 Å².